The fraction of sp³-hybridized carbons (Fsp3) is 0.385. The lowest BCUT2D eigenvalue weighted by atomic mass is 10.2. The predicted octanol–water partition coefficient (Wildman–Crippen LogP) is 1.93. The summed E-state index contributed by atoms with van der Waals surface area (Å²) in [4.78, 5) is 0. The molecule has 1 aliphatic rings. The van der Waals surface area contributed by atoms with Gasteiger partial charge in [0.1, 0.15) is 0 Å². The number of nitrogens with one attached hydrogen (secondary N) is 1. The maximum atomic E-state index is 12.2. The summed E-state index contributed by atoms with van der Waals surface area (Å²) in [5, 5.41) is 5.07. The normalized spacial score (nSPS) is 21.9. The number of hydrogen-bond acceptors (Lipinski definition) is 3. The zero-order valence-corrected chi connectivity index (χ0v) is 12.3. The molecule has 19 heavy (non-hydrogen) atoms. The summed E-state index contributed by atoms with van der Waals surface area (Å²) in [5.74, 6) is 0. The van der Waals surface area contributed by atoms with E-state index in [2.05, 4.69) is 5.32 Å². The van der Waals surface area contributed by atoms with Gasteiger partial charge in [-0.1, -0.05) is 23.7 Å². The van der Waals surface area contributed by atoms with Gasteiger partial charge in [-0.3, -0.25) is 0 Å². The molecule has 1 unspecified atom stereocenters. The summed E-state index contributed by atoms with van der Waals surface area (Å²) < 4.78 is 26.0. The minimum Gasteiger partial charge on any atom is -0.314 e. The van der Waals surface area contributed by atoms with Crippen molar-refractivity contribution in [1.29, 1.82) is 0 Å². The third-order valence-electron chi connectivity index (χ3n) is 3.07. The summed E-state index contributed by atoms with van der Waals surface area (Å²) in [6.45, 7) is 3.79. The fourth-order valence-corrected chi connectivity index (χ4v) is 3.55. The molecule has 1 N–H and O–H groups in total. The zero-order chi connectivity index (χ0) is 13.9. The summed E-state index contributed by atoms with van der Waals surface area (Å²) in [6, 6.07) is 7.03. The second-order valence-electron chi connectivity index (χ2n) is 4.56. The Bertz CT molecular complexity index is 555. The second kappa shape index (κ2) is 6.05. The molecule has 4 nitrogen and oxygen atoms in total. The van der Waals surface area contributed by atoms with E-state index in [0.29, 0.717) is 24.7 Å². The largest absolute Gasteiger partial charge is 0.314 e. The van der Waals surface area contributed by atoms with Crippen LogP contribution < -0.4 is 5.32 Å². The lowest BCUT2D eigenvalue weighted by Gasteiger charge is -2.31. The van der Waals surface area contributed by atoms with Crippen LogP contribution in [0.4, 0.5) is 0 Å². The van der Waals surface area contributed by atoms with Crippen LogP contribution >= 0.6 is 11.6 Å². The van der Waals surface area contributed by atoms with Gasteiger partial charge in [0.15, 0.2) is 0 Å². The predicted molar refractivity (Wildman–Crippen MR) is 78.4 cm³/mol. The van der Waals surface area contributed by atoms with Crippen LogP contribution in [0.15, 0.2) is 29.7 Å². The van der Waals surface area contributed by atoms with Crippen LogP contribution in [0.1, 0.15) is 12.5 Å². The minimum absolute atomic E-state index is 0.0198. The van der Waals surface area contributed by atoms with Gasteiger partial charge in [0.05, 0.1) is 0 Å². The van der Waals surface area contributed by atoms with Crippen LogP contribution in [0.3, 0.4) is 0 Å². The molecule has 0 aromatic heterocycles. The van der Waals surface area contributed by atoms with Gasteiger partial charge in [0, 0.05) is 36.1 Å². The highest BCUT2D eigenvalue weighted by molar-refractivity contribution is 7.92. The SMILES string of the molecule is CC1CNCCN1S(=O)(=O)C=Cc1ccc(Cl)cc1. The molecule has 0 amide bonds. The molecule has 1 fully saturated rings. The second-order valence-corrected chi connectivity index (χ2v) is 6.77. The van der Waals surface area contributed by atoms with Crippen molar-refractivity contribution in [2.75, 3.05) is 19.6 Å². The Balaban J connectivity index is 2.14. The van der Waals surface area contributed by atoms with Gasteiger partial charge in [0.25, 0.3) is 0 Å². The Labute approximate surface area is 119 Å². The third-order valence-corrected chi connectivity index (χ3v) is 5.00. The highest BCUT2D eigenvalue weighted by atomic mass is 35.5. The van der Waals surface area contributed by atoms with Crippen molar-refractivity contribution in [3.8, 4) is 0 Å². The summed E-state index contributed by atoms with van der Waals surface area (Å²) in [7, 11) is -3.36. The molecule has 0 radical (unpaired) electrons. The van der Waals surface area contributed by atoms with Crippen molar-refractivity contribution in [1.82, 2.24) is 9.62 Å². The topological polar surface area (TPSA) is 49.4 Å². The standard InChI is InChI=1S/C13H17ClN2O2S/c1-11-10-15-7-8-16(11)19(17,18)9-6-12-2-4-13(14)5-3-12/h2-6,9,11,15H,7-8,10H2,1H3. The highest BCUT2D eigenvalue weighted by Crippen LogP contribution is 2.14. The first kappa shape index (κ1) is 14.5. The number of nitrogens with zero attached hydrogens (tertiary/aromatic N) is 1. The van der Waals surface area contributed by atoms with E-state index in [1.54, 1.807) is 30.3 Å². The monoisotopic (exact) mass is 300 g/mol. The highest BCUT2D eigenvalue weighted by Gasteiger charge is 2.27. The first-order valence-electron chi connectivity index (χ1n) is 6.15. The summed E-state index contributed by atoms with van der Waals surface area (Å²) in [6.07, 6.45) is 1.60. The van der Waals surface area contributed by atoms with Crippen LogP contribution in [0.5, 0.6) is 0 Å². The van der Waals surface area contributed by atoms with Crippen molar-refractivity contribution >= 4 is 27.7 Å². The van der Waals surface area contributed by atoms with Crippen molar-refractivity contribution in [2.24, 2.45) is 0 Å². The molecule has 0 spiro atoms. The van der Waals surface area contributed by atoms with Crippen LogP contribution in [-0.2, 0) is 10.0 Å². The molecule has 0 saturated carbocycles. The van der Waals surface area contributed by atoms with E-state index in [0.717, 1.165) is 5.56 Å². The molecule has 2 rings (SSSR count). The van der Waals surface area contributed by atoms with E-state index in [4.69, 9.17) is 11.6 Å². The Morgan fingerprint density at radius 2 is 2.05 bits per heavy atom. The first-order chi connectivity index (χ1) is 8.99. The Morgan fingerprint density at radius 1 is 1.37 bits per heavy atom. The Hall–Kier alpha value is -0.880. The molecule has 0 aliphatic carbocycles. The van der Waals surface area contributed by atoms with Gasteiger partial charge in [-0.05, 0) is 30.7 Å². The third kappa shape index (κ3) is 3.79. The Morgan fingerprint density at radius 3 is 2.68 bits per heavy atom. The van der Waals surface area contributed by atoms with Crippen LogP contribution in [0.2, 0.25) is 5.02 Å². The molecule has 104 valence electrons. The quantitative estimate of drug-likeness (QED) is 0.928. The van der Waals surface area contributed by atoms with Gasteiger partial charge in [0.2, 0.25) is 10.0 Å². The average Bonchev–Trinajstić information content (AvgIpc) is 2.38. The van der Waals surface area contributed by atoms with E-state index in [1.807, 2.05) is 6.92 Å². The molecule has 6 heteroatoms. The summed E-state index contributed by atoms with van der Waals surface area (Å²) >= 11 is 5.79. The van der Waals surface area contributed by atoms with Gasteiger partial charge < -0.3 is 5.32 Å². The maximum Gasteiger partial charge on any atom is 0.236 e. The lowest BCUT2D eigenvalue weighted by Crippen LogP contribution is -2.51. The molecule has 1 aromatic rings. The summed E-state index contributed by atoms with van der Waals surface area (Å²) in [5.41, 5.74) is 0.816. The molecular weight excluding hydrogens is 284 g/mol. The van der Waals surface area contributed by atoms with Gasteiger partial charge in [-0.2, -0.15) is 4.31 Å². The van der Waals surface area contributed by atoms with Crippen molar-refractivity contribution in [3.05, 3.63) is 40.3 Å². The Kier molecular flexibility index (Phi) is 4.62. The molecular formula is C13H17ClN2O2S. The zero-order valence-electron chi connectivity index (χ0n) is 10.7. The number of sulfonamides is 1. The van der Waals surface area contributed by atoms with Crippen molar-refractivity contribution < 1.29 is 8.42 Å². The smallest absolute Gasteiger partial charge is 0.236 e. The lowest BCUT2D eigenvalue weighted by molar-refractivity contribution is 0.287. The van der Waals surface area contributed by atoms with Crippen LogP contribution in [-0.4, -0.2) is 38.4 Å². The van der Waals surface area contributed by atoms with E-state index < -0.39 is 10.0 Å². The van der Waals surface area contributed by atoms with E-state index >= 15 is 0 Å². The molecule has 1 aromatic carbocycles. The van der Waals surface area contributed by atoms with Crippen LogP contribution in [0, 0.1) is 0 Å². The fourth-order valence-electron chi connectivity index (χ4n) is 2.02. The maximum absolute atomic E-state index is 12.2. The van der Waals surface area contributed by atoms with Gasteiger partial charge in [-0.15, -0.1) is 0 Å². The van der Waals surface area contributed by atoms with E-state index in [-0.39, 0.29) is 6.04 Å². The number of rotatable bonds is 3. The van der Waals surface area contributed by atoms with Gasteiger partial charge in [-0.25, -0.2) is 8.42 Å². The molecule has 1 saturated heterocycles. The first-order valence-corrected chi connectivity index (χ1v) is 8.03. The minimum atomic E-state index is -3.36. The molecule has 1 aliphatic heterocycles. The van der Waals surface area contributed by atoms with Crippen LogP contribution in [0.25, 0.3) is 6.08 Å². The van der Waals surface area contributed by atoms with Crippen molar-refractivity contribution in [2.45, 2.75) is 13.0 Å². The molecule has 1 heterocycles. The van der Waals surface area contributed by atoms with E-state index in [1.165, 1.54) is 9.71 Å². The number of piperazine rings is 1. The molecule has 0 bridgehead atoms. The van der Waals surface area contributed by atoms with E-state index in [9.17, 15) is 8.42 Å². The number of halogens is 1. The van der Waals surface area contributed by atoms with Crippen molar-refractivity contribution in [3.63, 3.8) is 0 Å². The average molecular weight is 301 g/mol. The van der Waals surface area contributed by atoms with Gasteiger partial charge >= 0.3 is 0 Å². The number of hydrogen-bond donors (Lipinski definition) is 1. The number of benzene rings is 1. The molecule has 1 atom stereocenters.